The van der Waals surface area contributed by atoms with Gasteiger partial charge < -0.3 is 19.4 Å². The Morgan fingerprint density at radius 2 is 1.94 bits per heavy atom. The molecule has 0 radical (unpaired) electrons. The SMILES string of the molecule is CNCCc1cn(C)c2cc3c(cc12)OCCO3. The summed E-state index contributed by atoms with van der Waals surface area (Å²) in [5, 5.41) is 4.45. The Hall–Kier alpha value is -1.68. The van der Waals surface area contributed by atoms with Crippen LogP contribution in [0.25, 0.3) is 10.9 Å². The zero-order valence-electron chi connectivity index (χ0n) is 10.8. The summed E-state index contributed by atoms with van der Waals surface area (Å²) < 4.78 is 13.4. The summed E-state index contributed by atoms with van der Waals surface area (Å²) in [6.45, 7) is 2.25. The minimum absolute atomic E-state index is 0.634. The van der Waals surface area contributed by atoms with Crippen molar-refractivity contribution in [1.29, 1.82) is 0 Å². The molecule has 4 nitrogen and oxygen atoms in total. The van der Waals surface area contributed by atoms with Gasteiger partial charge in [-0.15, -0.1) is 0 Å². The third-order valence-corrected chi connectivity index (χ3v) is 3.38. The topological polar surface area (TPSA) is 35.4 Å². The van der Waals surface area contributed by atoms with Gasteiger partial charge in [-0.05, 0) is 31.6 Å². The molecule has 1 aliphatic heterocycles. The first-order valence-corrected chi connectivity index (χ1v) is 6.32. The molecule has 0 spiro atoms. The molecule has 0 saturated heterocycles. The molecule has 0 saturated carbocycles. The summed E-state index contributed by atoms with van der Waals surface area (Å²) in [5.41, 5.74) is 2.55. The van der Waals surface area contributed by atoms with Gasteiger partial charge in [0.15, 0.2) is 11.5 Å². The first-order valence-electron chi connectivity index (χ1n) is 6.32. The van der Waals surface area contributed by atoms with E-state index < -0.39 is 0 Å². The second kappa shape index (κ2) is 4.53. The minimum Gasteiger partial charge on any atom is -0.486 e. The van der Waals surface area contributed by atoms with Crippen molar-refractivity contribution >= 4 is 10.9 Å². The Labute approximate surface area is 106 Å². The number of ether oxygens (including phenoxy) is 2. The number of hydrogen-bond donors (Lipinski definition) is 1. The van der Waals surface area contributed by atoms with Crippen molar-refractivity contribution in [2.75, 3.05) is 26.8 Å². The standard InChI is InChI=1S/C14H18N2O2/c1-15-4-3-10-9-16(2)12-8-14-13(7-11(10)12)17-5-6-18-14/h7-9,15H,3-6H2,1-2H3. The average molecular weight is 246 g/mol. The molecule has 1 aromatic carbocycles. The molecule has 1 aliphatic rings. The maximum absolute atomic E-state index is 5.65. The third-order valence-electron chi connectivity index (χ3n) is 3.38. The van der Waals surface area contributed by atoms with Crippen LogP contribution in [0.2, 0.25) is 0 Å². The Kier molecular flexibility index (Phi) is 2.88. The number of nitrogens with zero attached hydrogens (tertiary/aromatic N) is 1. The molecule has 0 amide bonds. The Morgan fingerprint density at radius 1 is 1.22 bits per heavy atom. The fourth-order valence-corrected chi connectivity index (χ4v) is 2.46. The van der Waals surface area contributed by atoms with Gasteiger partial charge in [0.05, 0.1) is 5.52 Å². The van der Waals surface area contributed by atoms with Crippen LogP contribution >= 0.6 is 0 Å². The minimum atomic E-state index is 0.634. The molecule has 96 valence electrons. The molecule has 2 aromatic rings. The van der Waals surface area contributed by atoms with Gasteiger partial charge in [0.25, 0.3) is 0 Å². The van der Waals surface area contributed by atoms with Gasteiger partial charge in [0.1, 0.15) is 13.2 Å². The number of benzene rings is 1. The van der Waals surface area contributed by atoms with Crippen molar-refractivity contribution < 1.29 is 9.47 Å². The molecule has 0 fully saturated rings. The van der Waals surface area contributed by atoms with Crippen LogP contribution in [-0.4, -0.2) is 31.4 Å². The molecule has 0 atom stereocenters. The van der Waals surface area contributed by atoms with E-state index in [0.29, 0.717) is 13.2 Å². The van der Waals surface area contributed by atoms with E-state index in [1.165, 1.54) is 16.5 Å². The summed E-state index contributed by atoms with van der Waals surface area (Å²) in [7, 11) is 4.05. The van der Waals surface area contributed by atoms with E-state index in [0.717, 1.165) is 24.5 Å². The lowest BCUT2D eigenvalue weighted by molar-refractivity contribution is 0.172. The number of hydrogen-bond acceptors (Lipinski definition) is 3. The number of likely N-dealkylation sites (N-methyl/N-ethyl adjacent to an activating group) is 1. The van der Waals surface area contributed by atoms with Gasteiger partial charge in [0, 0.05) is 24.7 Å². The van der Waals surface area contributed by atoms with Gasteiger partial charge in [-0.2, -0.15) is 0 Å². The van der Waals surface area contributed by atoms with Crippen LogP contribution in [0.1, 0.15) is 5.56 Å². The highest BCUT2D eigenvalue weighted by Gasteiger charge is 2.16. The molecule has 1 N–H and O–H groups in total. The second-order valence-electron chi connectivity index (χ2n) is 4.63. The van der Waals surface area contributed by atoms with E-state index in [1.54, 1.807) is 0 Å². The summed E-state index contributed by atoms with van der Waals surface area (Å²) in [5.74, 6) is 1.72. The van der Waals surface area contributed by atoms with Crippen LogP contribution in [-0.2, 0) is 13.5 Å². The van der Waals surface area contributed by atoms with Crippen LogP contribution in [0.4, 0.5) is 0 Å². The first kappa shape index (κ1) is 11.4. The largest absolute Gasteiger partial charge is 0.486 e. The molecule has 0 aliphatic carbocycles. The molecule has 0 unspecified atom stereocenters. The van der Waals surface area contributed by atoms with Crippen molar-refractivity contribution in [3.63, 3.8) is 0 Å². The molecule has 1 aromatic heterocycles. The van der Waals surface area contributed by atoms with Gasteiger partial charge in [0.2, 0.25) is 0 Å². The molecule has 2 heterocycles. The van der Waals surface area contributed by atoms with Gasteiger partial charge >= 0.3 is 0 Å². The van der Waals surface area contributed by atoms with Crippen molar-refractivity contribution in [1.82, 2.24) is 9.88 Å². The highest BCUT2D eigenvalue weighted by molar-refractivity contribution is 5.87. The number of aryl methyl sites for hydroxylation is 1. The fraction of sp³-hybridized carbons (Fsp3) is 0.429. The van der Waals surface area contributed by atoms with E-state index in [1.807, 2.05) is 7.05 Å². The van der Waals surface area contributed by atoms with E-state index >= 15 is 0 Å². The number of fused-ring (bicyclic) bond motifs is 2. The lowest BCUT2D eigenvalue weighted by Crippen LogP contribution is -2.15. The van der Waals surface area contributed by atoms with Crippen LogP contribution in [0.3, 0.4) is 0 Å². The lowest BCUT2D eigenvalue weighted by atomic mass is 10.1. The van der Waals surface area contributed by atoms with E-state index in [9.17, 15) is 0 Å². The van der Waals surface area contributed by atoms with Gasteiger partial charge in [-0.1, -0.05) is 0 Å². The zero-order chi connectivity index (χ0) is 12.5. The van der Waals surface area contributed by atoms with Gasteiger partial charge in [-0.25, -0.2) is 0 Å². The maximum Gasteiger partial charge on any atom is 0.163 e. The van der Waals surface area contributed by atoms with E-state index in [4.69, 9.17) is 9.47 Å². The predicted octanol–water partition coefficient (Wildman–Crippen LogP) is 1.71. The fourth-order valence-electron chi connectivity index (χ4n) is 2.46. The zero-order valence-corrected chi connectivity index (χ0v) is 10.8. The normalized spacial score (nSPS) is 14.1. The van der Waals surface area contributed by atoms with Crippen molar-refractivity contribution in [2.24, 2.45) is 7.05 Å². The van der Waals surface area contributed by atoms with Crippen LogP contribution in [0, 0.1) is 0 Å². The maximum atomic E-state index is 5.65. The molecule has 0 bridgehead atoms. The van der Waals surface area contributed by atoms with Crippen molar-refractivity contribution in [2.45, 2.75) is 6.42 Å². The molecule has 4 heteroatoms. The summed E-state index contributed by atoms with van der Waals surface area (Å²) in [6, 6.07) is 4.18. The van der Waals surface area contributed by atoms with Gasteiger partial charge in [-0.3, -0.25) is 0 Å². The summed E-state index contributed by atoms with van der Waals surface area (Å²) >= 11 is 0. The highest BCUT2D eigenvalue weighted by Crippen LogP contribution is 2.36. The monoisotopic (exact) mass is 246 g/mol. The van der Waals surface area contributed by atoms with Crippen LogP contribution < -0.4 is 14.8 Å². The number of aromatic nitrogens is 1. The quantitative estimate of drug-likeness (QED) is 0.895. The molecular formula is C14H18N2O2. The Bertz CT molecular complexity index is 575. The molecular weight excluding hydrogens is 228 g/mol. The van der Waals surface area contributed by atoms with Crippen LogP contribution in [0.15, 0.2) is 18.3 Å². The number of rotatable bonds is 3. The summed E-state index contributed by atoms with van der Waals surface area (Å²) in [6.07, 6.45) is 3.21. The van der Waals surface area contributed by atoms with E-state index in [2.05, 4.69) is 35.3 Å². The average Bonchev–Trinajstić information content (AvgIpc) is 2.70. The Morgan fingerprint density at radius 3 is 2.67 bits per heavy atom. The lowest BCUT2D eigenvalue weighted by Gasteiger charge is -2.18. The highest BCUT2D eigenvalue weighted by atomic mass is 16.6. The first-order chi connectivity index (χ1) is 8.79. The van der Waals surface area contributed by atoms with Crippen molar-refractivity contribution in [3.8, 4) is 11.5 Å². The molecule has 3 rings (SSSR count). The second-order valence-corrected chi connectivity index (χ2v) is 4.63. The third kappa shape index (κ3) is 1.82. The smallest absolute Gasteiger partial charge is 0.163 e. The predicted molar refractivity (Wildman–Crippen MR) is 71.5 cm³/mol. The Balaban J connectivity index is 2.10. The van der Waals surface area contributed by atoms with Crippen molar-refractivity contribution in [3.05, 3.63) is 23.9 Å². The van der Waals surface area contributed by atoms with Crippen LogP contribution in [0.5, 0.6) is 11.5 Å². The van der Waals surface area contributed by atoms with E-state index in [-0.39, 0.29) is 0 Å². The number of nitrogens with one attached hydrogen (secondary N) is 1. The summed E-state index contributed by atoms with van der Waals surface area (Å²) in [4.78, 5) is 0. The molecule has 18 heavy (non-hydrogen) atoms.